The predicted octanol–water partition coefficient (Wildman–Crippen LogP) is 3.19. The number of nitrogens with zero attached hydrogens (tertiary/aromatic N) is 2. The summed E-state index contributed by atoms with van der Waals surface area (Å²) in [7, 11) is 1.83. The molecule has 1 amide bonds. The van der Waals surface area contributed by atoms with Crippen LogP contribution in [0.4, 0.5) is 5.69 Å². The molecule has 0 atom stereocenters. The molecule has 2 aromatic rings. The van der Waals surface area contributed by atoms with E-state index in [0.29, 0.717) is 10.7 Å². The van der Waals surface area contributed by atoms with E-state index in [-0.39, 0.29) is 6.61 Å². The van der Waals surface area contributed by atoms with E-state index in [0.717, 1.165) is 22.5 Å². The van der Waals surface area contributed by atoms with Gasteiger partial charge in [0, 0.05) is 35.1 Å². The van der Waals surface area contributed by atoms with E-state index in [1.807, 2.05) is 27.8 Å². The monoisotopic (exact) mass is 361 g/mol. The fourth-order valence-electron chi connectivity index (χ4n) is 2.32. The van der Waals surface area contributed by atoms with Gasteiger partial charge in [-0.2, -0.15) is 5.10 Å². The third kappa shape index (κ3) is 4.93. The van der Waals surface area contributed by atoms with Crippen LogP contribution in [0, 0.1) is 20.8 Å². The maximum Gasteiger partial charge on any atom is 0.331 e. The molecule has 0 aliphatic carbocycles. The first-order valence-corrected chi connectivity index (χ1v) is 8.06. The maximum atomic E-state index is 11.9. The summed E-state index contributed by atoms with van der Waals surface area (Å²) in [5.41, 5.74) is 4.08. The molecule has 2 rings (SSSR count). The number of carbonyl (C=O) groups excluding carboxylic acids is 2. The summed E-state index contributed by atoms with van der Waals surface area (Å²) < 4.78 is 6.70. The Morgan fingerprint density at radius 2 is 2.04 bits per heavy atom. The van der Waals surface area contributed by atoms with Crippen molar-refractivity contribution < 1.29 is 14.3 Å². The molecule has 0 aliphatic rings. The predicted molar refractivity (Wildman–Crippen MR) is 97.5 cm³/mol. The Morgan fingerprint density at radius 1 is 1.32 bits per heavy atom. The van der Waals surface area contributed by atoms with Gasteiger partial charge in [0.25, 0.3) is 5.91 Å². The number of aromatic nitrogens is 2. The molecule has 1 aromatic carbocycles. The van der Waals surface area contributed by atoms with Gasteiger partial charge in [-0.25, -0.2) is 4.79 Å². The summed E-state index contributed by atoms with van der Waals surface area (Å²) in [5, 5.41) is 7.53. The van der Waals surface area contributed by atoms with Gasteiger partial charge in [0.2, 0.25) is 0 Å². The van der Waals surface area contributed by atoms with Crippen LogP contribution >= 0.6 is 11.6 Å². The first-order valence-electron chi connectivity index (χ1n) is 7.69. The average molecular weight is 362 g/mol. The van der Waals surface area contributed by atoms with Crippen molar-refractivity contribution in [3.8, 4) is 0 Å². The molecule has 0 spiro atoms. The largest absolute Gasteiger partial charge is 0.452 e. The Hall–Kier alpha value is -2.60. The van der Waals surface area contributed by atoms with Crippen molar-refractivity contribution in [1.29, 1.82) is 0 Å². The molecule has 132 valence electrons. The number of carbonyl (C=O) groups is 2. The normalized spacial score (nSPS) is 10.9. The lowest BCUT2D eigenvalue weighted by Gasteiger charge is -2.08. The van der Waals surface area contributed by atoms with Gasteiger partial charge in [-0.1, -0.05) is 11.6 Å². The van der Waals surface area contributed by atoms with Crippen LogP contribution in [0.3, 0.4) is 0 Å². The number of nitrogens with one attached hydrogen (secondary N) is 1. The van der Waals surface area contributed by atoms with Crippen molar-refractivity contribution in [1.82, 2.24) is 9.78 Å². The van der Waals surface area contributed by atoms with Crippen molar-refractivity contribution in [2.24, 2.45) is 7.05 Å². The molecule has 0 bridgehead atoms. The maximum absolute atomic E-state index is 11.9. The lowest BCUT2D eigenvalue weighted by molar-refractivity contribution is -0.142. The van der Waals surface area contributed by atoms with Crippen molar-refractivity contribution in [3.05, 3.63) is 51.8 Å². The Morgan fingerprint density at radius 3 is 2.64 bits per heavy atom. The van der Waals surface area contributed by atoms with Gasteiger partial charge in [0.05, 0.1) is 5.69 Å². The van der Waals surface area contributed by atoms with E-state index in [1.165, 1.54) is 6.08 Å². The van der Waals surface area contributed by atoms with Gasteiger partial charge in [-0.3, -0.25) is 9.48 Å². The van der Waals surface area contributed by atoms with Crippen molar-refractivity contribution in [2.75, 3.05) is 11.9 Å². The number of halogens is 1. The highest BCUT2D eigenvalue weighted by molar-refractivity contribution is 6.30. The van der Waals surface area contributed by atoms with Gasteiger partial charge in [-0.15, -0.1) is 0 Å². The first-order chi connectivity index (χ1) is 11.8. The standard InChI is InChI=1S/C18H20ClN3O3/c1-11-9-14(19)5-7-16(11)20-17(23)10-25-18(24)8-6-15-12(2)21-22(4)13(15)3/h5-9H,10H2,1-4H3,(H,20,23)/b8-6+. The number of hydrogen-bond donors (Lipinski definition) is 1. The summed E-state index contributed by atoms with van der Waals surface area (Å²) in [6.45, 7) is 5.23. The molecular weight excluding hydrogens is 342 g/mol. The van der Waals surface area contributed by atoms with Crippen LogP contribution in [-0.4, -0.2) is 28.3 Å². The Kier molecular flexibility index (Phi) is 5.98. The zero-order valence-electron chi connectivity index (χ0n) is 14.6. The van der Waals surface area contributed by atoms with Crippen LogP contribution in [0.2, 0.25) is 5.02 Å². The molecule has 0 radical (unpaired) electrons. The van der Waals surface area contributed by atoms with Gasteiger partial charge < -0.3 is 10.1 Å². The summed E-state index contributed by atoms with van der Waals surface area (Å²) in [4.78, 5) is 23.7. The molecule has 7 heteroatoms. The second kappa shape index (κ2) is 7.98. The van der Waals surface area contributed by atoms with E-state index in [2.05, 4.69) is 10.4 Å². The molecule has 0 saturated heterocycles. The van der Waals surface area contributed by atoms with Crippen LogP contribution < -0.4 is 5.32 Å². The number of rotatable bonds is 5. The average Bonchev–Trinajstić information content (AvgIpc) is 2.79. The first kappa shape index (κ1) is 18.7. The van der Waals surface area contributed by atoms with Crippen molar-refractivity contribution in [3.63, 3.8) is 0 Å². The minimum absolute atomic E-state index is 0.365. The van der Waals surface area contributed by atoms with Gasteiger partial charge in [-0.05, 0) is 50.6 Å². The van der Waals surface area contributed by atoms with E-state index in [4.69, 9.17) is 16.3 Å². The van der Waals surface area contributed by atoms with Gasteiger partial charge in [0.15, 0.2) is 6.61 Å². The fourth-order valence-corrected chi connectivity index (χ4v) is 2.55. The summed E-state index contributed by atoms with van der Waals surface area (Å²) >= 11 is 5.87. The quantitative estimate of drug-likeness (QED) is 0.655. The molecule has 0 saturated carbocycles. The topological polar surface area (TPSA) is 73.2 Å². The Labute approximate surface area is 151 Å². The zero-order chi connectivity index (χ0) is 18.6. The number of hydrogen-bond acceptors (Lipinski definition) is 4. The fraction of sp³-hybridized carbons (Fsp3) is 0.278. The molecule has 1 N–H and O–H groups in total. The van der Waals surface area contributed by atoms with Gasteiger partial charge >= 0.3 is 5.97 Å². The Balaban J connectivity index is 1.89. The number of esters is 1. The number of aryl methyl sites for hydroxylation is 3. The molecule has 25 heavy (non-hydrogen) atoms. The number of benzene rings is 1. The molecular formula is C18H20ClN3O3. The minimum Gasteiger partial charge on any atom is -0.452 e. The SMILES string of the molecule is Cc1cc(Cl)ccc1NC(=O)COC(=O)/C=C/c1c(C)nn(C)c1C. The van der Waals surface area contributed by atoms with Crippen LogP contribution in [0.15, 0.2) is 24.3 Å². The van der Waals surface area contributed by atoms with E-state index >= 15 is 0 Å². The molecule has 0 unspecified atom stereocenters. The van der Waals surface area contributed by atoms with Crippen LogP contribution in [0.5, 0.6) is 0 Å². The zero-order valence-corrected chi connectivity index (χ0v) is 15.3. The highest BCUT2D eigenvalue weighted by Crippen LogP contribution is 2.19. The molecule has 1 heterocycles. The smallest absolute Gasteiger partial charge is 0.331 e. The third-order valence-corrected chi connectivity index (χ3v) is 3.99. The molecule has 6 nitrogen and oxygen atoms in total. The van der Waals surface area contributed by atoms with E-state index in [1.54, 1.807) is 29.0 Å². The Bertz CT molecular complexity index is 840. The summed E-state index contributed by atoms with van der Waals surface area (Å²) in [6.07, 6.45) is 2.93. The molecule has 0 fully saturated rings. The second-order valence-corrected chi connectivity index (χ2v) is 6.09. The van der Waals surface area contributed by atoms with Crippen LogP contribution in [0.25, 0.3) is 6.08 Å². The van der Waals surface area contributed by atoms with Crippen LogP contribution in [-0.2, 0) is 21.4 Å². The van der Waals surface area contributed by atoms with E-state index < -0.39 is 11.9 Å². The van der Waals surface area contributed by atoms with Crippen molar-refractivity contribution in [2.45, 2.75) is 20.8 Å². The minimum atomic E-state index is -0.592. The third-order valence-electron chi connectivity index (χ3n) is 3.76. The van der Waals surface area contributed by atoms with Gasteiger partial charge in [0.1, 0.15) is 0 Å². The molecule has 1 aromatic heterocycles. The highest BCUT2D eigenvalue weighted by atomic mass is 35.5. The number of ether oxygens (including phenoxy) is 1. The molecule has 0 aliphatic heterocycles. The lowest BCUT2D eigenvalue weighted by atomic mass is 10.2. The summed E-state index contributed by atoms with van der Waals surface area (Å²) in [5.74, 6) is -1.01. The van der Waals surface area contributed by atoms with Crippen LogP contribution in [0.1, 0.15) is 22.5 Å². The lowest BCUT2D eigenvalue weighted by Crippen LogP contribution is -2.20. The van der Waals surface area contributed by atoms with E-state index in [9.17, 15) is 9.59 Å². The second-order valence-electron chi connectivity index (χ2n) is 5.66. The summed E-state index contributed by atoms with van der Waals surface area (Å²) in [6, 6.07) is 5.12. The number of amides is 1. The number of anilines is 1. The highest BCUT2D eigenvalue weighted by Gasteiger charge is 2.09. The van der Waals surface area contributed by atoms with Crippen molar-refractivity contribution >= 4 is 35.2 Å².